The fraction of sp³-hybridized carbons (Fsp3) is 0.450. The zero-order chi connectivity index (χ0) is 34.9. The van der Waals surface area contributed by atoms with Gasteiger partial charge in [0.05, 0.1) is 22.8 Å². The summed E-state index contributed by atoms with van der Waals surface area (Å²) in [6.07, 6.45) is 28.8. The molecule has 0 aliphatic heterocycles. The molecule has 4 aromatic rings. The predicted molar refractivity (Wildman–Crippen MR) is 210 cm³/mol. The molecule has 9 heteroatoms. The van der Waals surface area contributed by atoms with E-state index in [4.69, 9.17) is 10.8 Å². The van der Waals surface area contributed by atoms with Gasteiger partial charge in [0.25, 0.3) is 0 Å². The smallest absolute Gasteiger partial charge is 0.753 e. The fourth-order valence-electron chi connectivity index (χ4n) is 5.14. The Morgan fingerprint density at radius 2 is 0.796 bits per heavy atom. The maximum absolute atomic E-state index is 7.13. The third-order valence-electron chi connectivity index (χ3n) is 7.64. The van der Waals surface area contributed by atoms with Crippen LogP contribution in [0.15, 0.2) is 85.5 Å². The molecule has 4 aromatic heterocycles. The Kier molecular flexibility index (Phi) is 31.2. The summed E-state index contributed by atoms with van der Waals surface area (Å²) in [5.74, 6) is 0. The van der Waals surface area contributed by atoms with Gasteiger partial charge in [0, 0.05) is 24.8 Å². The molecule has 0 fully saturated rings. The SMILES string of the molecule is CCCCCCCCCc1ccnc(-c2cc(CCCCCCCCC)ccn2)c1.[N-]=C=S.[N-]=C=S.[Ru+2].c1ccc(-c2ccccn2)nc1. The van der Waals surface area contributed by atoms with E-state index in [0.717, 1.165) is 35.6 Å². The van der Waals surface area contributed by atoms with E-state index < -0.39 is 0 Å². The van der Waals surface area contributed by atoms with Gasteiger partial charge in [0.15, 0.2) is 0 Å². The van der Waals surface area contributed by atoms with Gasteiger partial charge >= 0.3 is 19.5 Å². The topological polar surface area (TPSA) is 96.2 Å². The van der Waals surface area contributed by atoms with Crippen molar-refractivity contribution >= 4 is 34.8 Å². The first-order chi connectivity index (χ1) is 23.6. The average Bonchev–Trinajstić information content (AvgIpc) is 3.13. The number of hydrogen-bond donors (Lipinski definition) is 0. The van der Waals surface area contributed by atoms with Gasteiger partial charge in [0.1, 0.15) is 0 Å². The van der Waals surface area contributed by atoms with Crippen LogP contribution in [0.1, 0.15) is 115 Å². The first kappa shape index (κ1) is 45.8. The molecular formula is C40H52N6RuS2. The second kappa shape index (κ2) is 33.3. The normalized spacial score (nSPS) is 9.51. The summed E-state index contributed by atoms with van der Waals surface area (Å²) < 4.78 is 0. The predicted octanol–water partition coefficient (Wildman–Crippen LogP) is 12.2. The first-order valence-corrected chi connectivity index (χ1v) is 18.2. The van der Waals surface area contributed by atoms with Gasteiger partial charge in [-0.25, -0.2) is 0 Å². The summed E-state index contributed by atoms with van der Waals surface area (Å²) in [5, 5.41) is 16.9. The van der Waals surface area contributed by atoms with E-state index in [9.17, 15) is 0 Å². The molecule has 0 N–H and O–H groups in total. The molecule has 0 spiro atoms. The fourth-order valence-corrected chi connectivity index (χ4v) is 5.14. The van der Waals surface area contributed by atoms with Crippen LogP contribution in [-0.2, 0) is 32.3 Å². The maximum Gasteiger partial charge on any atom is 2.00 e. The van der Waals surface area contributed by atoms with Crippen molar-refractivity contribution in [1.82, 2.24) is 19.9 Å². The summed E-state index contributed by atoms with van der Waals surface area (Å²) in [6.45, 7) is 4.56. The Bertz CT molecular complexity index is 1300. The number of rotatable bonds is 18. The summed E-state index contributed by atoms with van der Waals surface area (Å²) in [4.78, 5) is 17.6. The number of pyridine rings is 4. The number of hydrogen-bond acceptors (Lipinski definition) is 6. The molecule has 0 atom stereocenters. The van der Waals surface area contributed by atoms with Gasteiger partial charge in [-0.1, -0.05) is 127 Å². The Morgan fingerprint density at radius 1 is 0.469 bits per heavy atom. The summed E-state index contributed by atoms with van der Waals surface area (Å²) in [7, 11) is 0. The number of aryl methyl sites for hydroxylation is 2. The molecule has 6 nitrogen and oxygen atoms in total. The summed E-state index contributed by atoms with van der Waals surface area (Å²) in [5.41, 5.74) is 6.67. The van der Waals surface area contributed by atoms with Crippen LogP contribution in [0.4, 0.5) is 0 Å². The Hall–Kier alpha value is -3.18. The molecule has 0 amide bonds. The molecule has 0 saturated carbocycles. The molecule has 0 unspecified atom stereocenters. The van der Waals surface area contributed by atoms with E-state index in [0.29, 0.717) is 0 Å². The van der Waals surface area contributed by atoms with Gasteiger partial charge in [-0.3, -0.25) is 19.9 Å². The Balaban J connectivity index is 0.000000994. The van der Waals surface area contributed by atoms with Gasteiger partial charge in [-0.05, 0) is 85.3 Å². The molecule has 0 saturated heterocycles. The van der Waals surface area contributed by atoms with E-state index in [2.05, 4.69) is 82.5 Å². The summed E-state index contributed by atoms with van der Waals surface area (Å²) >= 11 is 7.40. The van der Waals surface area contributed by atoms with Gasteiger partial charge in [-0.2, -0.15) is 10.3 Å². The molecule has 0 radical (unpaired) electrons. The standard InChI is InChI=1S/C28H44N2.C10H8N2.2CNS.Ru/c1-3-5-7-9-11-13-15-17-25-19-21-29-27(23-25)28-24-26(20-22-30-28)18-16-14-12-10-8-6-4-2;1-3-7-11-9(5-1)10-6-2-4-8-12-10;2*2-1-3;/h19-24H,3-18H2,1-2H3;1-8H;;;/q;;2*-1;+2. The van der Waals surface area contributed by atoms with Crippen molar-refractivity contribution in [1.29, 1.82) is 0 Å². The van der Waals surface area contributed by atoms with E-state index in [-0.39, 0.29) is 19.5 Å². The van der Waals surface area contributed by atoms with E-state index in [1.54, 1.807) is 12.4 Å². The third-order valence-corrected chi connectivity index (χ3v) is 7.64. The minimum absolute atomic E-state index is 0. The Morgan fingerprint density at radius 3 is 1.12 bits per heavy atom. The van der Waals surface area contributed by atoms with Crippen molar-refractivity contribution in [2.24, 2.45) is 0 Å². The Labute approximate surface area is 319 Å². The second-order valence-electron chi connectivity index (χ2n) is 11.5. The van der Waals surface area contributed by atoms with Crippen LogP contribution >= 0.6 is 24.4 Å². The van der Waals surface area contributed by atoms with Crippen LogP contribution in [0.3, 0.4) is 0 Å². The molecule has 0 aliphatic rings. The zero-order valence-electron chi connectivity index (χ0n) is 29.2. The molecule has 0 aliphatic carbocycles. The largest absolute Gasteiger partial charge is 2.00 e. The molecule has 262 valence electrons. The third kappa shape index (κ3) is 23.8. The van der Waals surface area contributed by atoms with Crippen molar-refractivity contribution in [3.8, 4) is 22.8 Å². The van der Waals surface area contributed by atoms with E-state index in [1.165, 1.54) is 111 Å². The van der Waals surface area contributed by atoms with Crippen molar-refractivity contribution in [3.05, 3.63) is 107 Å². The molecule has 0 aromatic carbocycles. The summed E-state index contributed by atoms with van der Waals surface area (Å²) in [6, 6.07) is 20.4. The molecule has 0 bridgehead atoms. The van der Waals surface area contributed by atoms with Gasteiger partial charge in [0.2, 0.25) is 0 Å². The van der Waals surface area contributed by atoms with Crippen LogP contribution in [0, 0.1) is 0 Å². The van der Waals surface area contributed by atoms with Gasteiger partial charge < -0.3 is 10.8 Å². The van der Waals surface area contributed by atoms with Crippen LogP contribution in [0.2, 0.25) is 0 Å². The van der Waals surface area contributed by atoms with Crippen LogP contribution in [0.5, 0.6) is 0 Å². The van der Waals surface area contributed by atoms with E-state index in [1.807, 2.05) is 48.8 Å². The van der Waals surface area contributed by atoms with Crippen LogP contribution in [-0.4, -0.2) is 30.3 Å². The number of isothiocyanates is 2. The average molecular weight is 782 g/mol. The maximum atomic E-state index is 7.13. The number of thiocarbonyl (C=S) groups is 2. The molecular weight excluding hydrogens is 730 g/mol. The monoisotopic (exact) mass is 782 g/mol. The molecule has 4 heterocycles. The number of nitrogens with zero attached hydrogens (tertiary/aromatic N) is 6. The first-order valence-electron chi connectivity index (χ1n) is 17.4. The van der Waals surface area contributed by atoms with Crippen molar-refractivity contribution in [2.45, 2.75) is 117 Å². The number of aromatic nitrogens is 4. The molecule has 4 rings (SSSR count). The van der Waals surface area contributed by atoms with Crippen LogP contribution < -0.4 is 0 Å². The molecule has 49 heavy (non-hydrogen) atoms. The number of unbranched alkanes of at least 4 members (excludes halogenated alkanes) is 12. The minimum atomic E-state index is 0. The van der Waals surface area contributed by atoms with Crippen molar-refractivity contribution in [2.75, 3.05) is 0 Å². The van der Waals surface area contributed by atoms with E-state index >= 15 is 0 Å². The van der Waals surface area contributed by atoms with Crippen molar-refractivity contribution < 1.29 is 19.5 Å². The second-order valence-corrected chi connectivity index (χ2v) is 11.8. The quantitative estimate of drug-likeness (QED) is 0.0432. The minimum Gasteiger partial charge on any atom is -0.753 e. The van der Waals surface area contributed by atoms with Crippen LogP contribution in [0.25, 0.3) is 33.6 Å². The van der Waals surface area contributed by atoms with Gasteiger partial charge in [-0.15, -0.1) is 0 Å². The zero-order valence-corrected chi connectivity index (χ0v) is 32.6. The van der Waals surface area contributed by atoms with Crippen molar-refractivity contribution in [3.63, 3.8) is 0 Å².